The summed E-state index contributed by atoms with van der Waals surface area (Å²) in [5.41, 5.74) is 1.03. The monoisotopic (exact) mass is 251 g/mol. The van der Waals surface area contributed by atoms with Crippen LogP contribution >= 0.6 is 0 Å². The molecule has 2 rings (SSSR count). The summed E-state index contributed by atoms with van der Waals surface area (Å²) in [5, 5.41) is 3.49. The molecule has 1 saturated heterocycles. The number of nitrogens with one attached hydrogen (secondary N) is 1. The van der Waals surface area contributed by atoms with Crippen LogP contribution in [0.25, 0.3) is 0 Å². The van der Waals surface area contributed by atoms with Gasteiger partial charge < -0.3 is 10.1 Å². The van der Waals surface area contributed by atoms with E-state index < -0.39 is 0 Å². The van der Waals surface area contributed by atoms with Crippen LogP contribution < -0.4 is 5.32 Å². The van der Waals surface area contributed by atoms with Gasteiger partial charge >= 0.3 is 0 Å². The molecule has 1 aromatic rings. The molecule has 0 amide bonds. The van der Waals surface area contributed by atoms with Gasteiger partial charge in [0.2, 0.25) is 0 Å². The summed E-state index contributed by atoms with van der Waals surface area (Å²) in [7, 11) is 0. The molecule has 100 valence electrons. The molecule has 1 aromatic carbocycles. The van der Waals surface area contributed by atoms with E-state index in [1.165, 1.54) is 6.07 Å². The molecule has 1 heterocycles. The number of hydrogen-bond donors (Lipinski definition) is 1. The fourth-order valence-corrected chi connectivity index (χ4v) is 2.47. The molecule has 2 nitrogen and oxygen atoms in total. The maximum Gasteiger partial charge on any atom is 0.123 e. The van der Waals surface area contributed by atoms with Crippen molar-refractivity contribution in [1.82, 2.24) is 5.32 Å². The Kier molecular flexibility index (Phi) is 5.14. The summed E-state index contributed by atoms with van der Waals surface area (Å²) in [6.07, 6.45) is 4.61. The maximum atomic E-state index is 13.3. The van der Waals surface area contributed by atoms with Crippen molar-refractivity contribution in [2.24, 2.45) is 0 Å². The predicted molar refractivity (Wildman–Crippen MR) is 71.0 cm³/mol. The highest BCUT2D eigenvalue weighted by atomic mass is 19.1. The average molecular weight is 251 g/mol. The topological polar surface area (TPSA) is 21.3 Å². The van der Waals surface area contributed by atoms with Crippen LogP contribution in [-0.4, -0.2) is 19.3 Å². The highest BCUT2D eigenvalue weighted by molar-refractivity contribution is 5.20. The summed E-state index contributed by atoms with van der Waals surface area (Å²) in [6.45, 7) is 3.96. The van der Waals surface area contributed by atoms with Crippen molar-refractivity contribution < 1.29 is 9.13 Å². The summed E-state index contributed by atoms with van der Waals surface area (Å²) >= 11 is 0. The highest BCUT2D eigenvalue weighted by Crippen LogP contribution is 2.25. The van der Waals surface area contributed by atoms with Crippen LogP contribution in [0.1, 0.15) is 44.2 Å². The number of benzene rings is 1. The minimum absolute atomic E-state index is 0.164. The first kappa shape index (κ1) is 13.5. The number of ether oxygens (including phenoxy) is 1. The average Bonchev–Trinajstić information content (AvgIpc) is 2.87. The van der Waals surface area contributed by atoms with Crippen LogP contribution in [0, 0.1) is 5.82 Å². The van der Waals surface area contributed by atoms with Gasteiger partial charge in [0.1, 0.15) is 5.82 Å². The van der Waals surface area contributed by atoms with Crippen molar-refractivity contribution in [2.75, 3.05) is 13.2 Å². The van der Waals surface area contributed by atoms with Crippen LogP contribution in [0.15, 0.2) is 24.3 Å². The second kappa shape index (κ2) is 6.86. The molecule has 2 unspecified atom stereocenters. The van der Waals surface area contributed by atoms with Gasteiger partial charge in [-0.05, 0) is 49.9 Å². The fourth-order valence-electron chi connectivity index (χ4n) is 2.47. The molecule has 0 radical (unpaired) electrons. The first-order valence-electron chi connectivity index (χ1n) is 6.90. The van der Waals surface area contributed by atoms with Crippen LogP contribution in [0.2, 0.25) is 0 Å². The van der Waals surface area contributed by atoms with E-state index in [-0.39, 0.29) is 11.9 Å². The Morgan fingerprint density at radius 1 is 1.50 bits per heavy atom. The number of halogens is 1. The van der Waals surface area contributed by atoms with E-state index in [0.717, 1.165) is 44.4 Å². The van der Waals surface area contributed by atoms with Crippen LogP contribution in [0.5, 0.6) is 0 Å². The molecule has 0 aromatic heterocycles. The molecule has 1 aliphatic heterocycles. The van der Waals surface area contributed by atoms with Gasteiger partial charge in [-0.25, -0.2) is 4.39 Å². The quantitative estimate of drug-likeness (QED) is 0.836. The van der Waals surface area contributed by atoms with Crippen molar-refractivity contribution >= 4 is 0 Å². The van der Waals surface area contributed by atoms with Gasteiger partial charge in [-0.15, -0.1) is 0 Å². The molecule has 3 heteroatoms. The lowest BCUT2D eigenvalue weighted by Crippen LogP contribution is -2.26. The van der Waals surface area contributed by atoms with Gasteiger partial charge in [0.05, 0.1) is 6.10 Å². The van der Waals surface area contributed by atoms with Gasteiger partial charge in [0.25, 0.3) is 0 Å². The zero-order valence-electron chi connectivity index (χ0n) is 11.0. The van der Waals surface area contributed by atoms with Crippen molar-refractivity contribution in [2.45, 2.75) is 44.8 Å². The molecule has 18 heavy (non-hydrogen) atoms. The standard InChI is InChI=1S/C15H22FNO/c1-2-8-17-15(11-14-7-4-9-18-14)12-5-3-6-13(16)10-12/h3,5-6,10,14-15,17H,2,4,7-9,11H2,1H3. The van der Waals surface area contributed by atoms with E-state index in [4.69, 9.17) is 4.74 Å². The molecular weight excluding hydrogens is 229 g/mol. The summed E-state index contributed by atoms with van der Waals surface area (Å²) in [6, 6.07) is 7.09. The summed E-state index contributed by atoms with van der Waals surface area (Å²) < 4.78 is 19.0. The first-order chi connectivity index (χ1) is 8.79. The van der Waals surface area contributed by atoms with E-state index in [1.54, 1.807) is 12.1 Å². The summed E-state index contributed by atoms with van der Waals surface area (Å²) in [5.74, 6) is -0.164. The third-order valence-corrected chi connectivity index (χ3v) is 3.41. The van der Waals surface area contributed by atoms with Gasteiger partial charge in [-0.1, -0.05) is 19.1 Å². The molecule has 0 aliphatic carbocycles. The Balaban J connectivity index is 2.03. The lowest BCUT2D eigenvalue weighted by molar-refractivity contribution is 0.0945. The van der Waals surface area contributed by atoms with E-state index >= 15 is 0 Å². The molecule has 1 aliphatic rings. The van der Waals surface area contributed by atoms with Crippen molar-refractivity contribution in [1.29, 1.82) is 0 Å². The minimum Gasteiger partial charge on any atom is -0.378 e. The molecule has 1 fully saturated rings. The second-order valence-electron chi connectivity index (χ2n) is 4.93. The van der Waals surface area contributed by atoms with Crippen molar-refractivity contribution in [3.63, 3.8) is 0 Å². The molecule has 1 N–H and O–H groups in total. The van der Waals surface area contributed by atoms with Gasteiger partial charge in [-0.2, -0.15) is 0 Å². The normalized spacial score (nSPS) is 21.1. The molecule has 0 saturated carbocycles. The minimum atomic E-state index is -0.164. The predicted octanol–water partition coefficient (Wildman–Crippen LogP) is 3.44. The molecule has 2 atom stereocenters. The Morgan fingerprint density at radius 2 is 2.39 bits per heavy atom. The highest BCUT2D eigenvalue weighted by Gasteiger charge is 2.21. The fraction of sp³-hybridized carbons (Fsp3) is 0.600. The van der Waals surface area contributed by atoms with Gasteiger partial charge in [0.15, 0.2) is 0 Å². The smallest absolute Gasteiger partial charge is 0.123 e. The maximum absolute atomic E-state index is 13.3. The Labute approximate surface area is 109 Å². The second-order valence-corrected chi connectivity index (χ2v) is 4.93. The van der Waals surface area contributed by atoms with Gasteiger partial charge in [0, 0.05) is 12.6 Å². The van der Waals surface area contributed by atoms with Crippen LogP contribution in [-0.2, 0) is 4.74 Å². The summed E-state index contributed by atoms with van der Waals surface area (Å²) in [4.78, 5) is 0. The van der Waals surface area contributed by atoms with Gasteiger partial charge in [-0.3, -0.25) is 0 Å². The van der Waals surface area contributed by atoms with E-state index in [2.05, 4.69) is 12.2 Å². The first-order valence-corrected chi connectivity index (χ1v) is 6.90. The molecular formula is C15H22FNO. The Morgan fingerprint density at radius 3 is 3.06 bits per heavy atom. The van der Waals surface area contributed by atoms with Crippen LogP contribution in [0.4, 0.5) is 4.39 Å². The SMILES string of the molecule is CCCNC(CC1CCCO1)c1cccc(F)c1. The molecule has 0 spiro atoms. The number of hydrogen-bond acceptors (Lipinski definition) is 2. The third kappa shape index (κ3) is 3.79. The third-order valence-electron chi connectivity index (χ3n) is 3.41. The zero-order valence-corrected chi connectivity index (χ0v) is 11.0. The van der Waals surface area contributed by atoms with Crippen molar-refractivity contribution in [3.8, 4) is 0 Å². The molecule has 0 bridgehead atoms. The van der Waals surface area contributed by atoms with Crippen LogP contribution in [0.3, 0.4) is 0 Å². The van der Waals surface area contributed by atoms with E-state index in [1.807, 2.05) is 6.07 Å². The van der Waals surface area contributed by atoms with E-state index in [9.17, 15) is 4.39 Å². The lowest BCUT2D eigenvalue weighted by Gasteiger charge is -2.22. The number of rotatable bonds is 6. The van der Waals surface area contributed by atoms with Crippen molar-refractivity contribution in [3.05, 3.63) is 35.6 Å². The largest absolute Gasteiger partial charge is 0.378 e. The van der Waals surface area contributed by atoms with E-state index in [0.29, 0.717) is 6.10 Å². The Hall–Kier alpha value is -0.930. The lowest BCUT2D eigenvalue weighted by atomic mass is 9.99. The zero-order chi connectivity index (χ0) is 12.8. The Bertz CT molecular complexity index is 363.